The van der Waals surface area contributed by atoms with Crippen molar-refractivity contribution in [2.45, 2.75) is 116 Å². The van der Waals surface area contributed by atoms with Crippen molar-refractivity contribution in [2.75, 3.05) is 19.8 Å². The van der Waals surface area contributed by atoms with Crippen LogP contribution in [0.15, 0.2) is 42.0 Å². The molecule has 4 atom stereocenters. The zero-order valence-electron chi connectivity index (χ0n) is 28.0. The number of aliphatic hydroxyl groups excluding tert-OH is 1. The molecule has 0 radical (unpaired) electrons. The van der Waals surface area contributed by atoms with Gasteiger partial charge in [0.2, 0.25) is 12.0 Å². The Bertz CT molecular complexity index is 1320. The molecular weight excluding hydrogens is 606 g/mol. The van der Waals surface area contributed by atoms with Gasteiger partial charge in [0.15, 0.2) is 5.79 Å². The van der Waals surface area contributed by atoms with Crippen molar-refractivity contribution in [1.82, 2.24) is 5.32 Å². The molecular formula is C36H49NO10. The number of amides is 1. The minimum Gasteiger partial charge on any atom is -0.462 e. The number of carbonyl (C=O) groups is 4. The van der Waals surface area contributed by atoms with E-state index in [2.05, 4.69) is 19.2 Å². The van der Waals surface area contributed by atoms with E-state index in [0.717, 1.165) is 44.6 Å². The minimum atomic E-state index is -1.03. The van der Waals surface area contributed by atoms with Gasteiger partial charge in [0.25, 0.3) is 0 Å². The number of hydrogen-bond acceptors (Lipinski definition) is 10. The second-order valence-corrected chi connectivity index (χ2v) is 13.1. The maximum absolute atomic E-state index is 13.7. The molecule has 0 bridgehead atoms. The summed E-state index contributed by atoms with van der Waals surface area (Å²) in [5.41, 5.74) is 0.343. The van der Waals surface area contributed by atoms with Crippen LogP contribution in [0.2, 0.25) is 0 Å². The summed E-state index contributed by atoms with van der Waals surface area (Å²) in [4.78, 5) is 51.4. The smallest absolute Gasteiger partial charge is 0.348 e. The molecule has 2 fully saturated rings. The van der Waals surface area contributed by atoms with Gasteiger partial charge in [0.1, 0.15) is 24.9 Å². The summed E-state index contributed by atoms with van der Waals surface area (Å²) >= 11 is 0. The molecule has 4 unspecified atom stereocenters. The van der Waals surface area contributed by atoms with Gasteiger partial charge >= 0.3 is 17.9 Å². The Balaban J connectivity index is 1.54. The second-order valence-electron chi connectivity index (χ2n) is 13.1. The standard InChI is InChI=1S/C36H49NO10/c1-5-7-11-17-36(18-12-8-6-2)46-28-22-25(32(40)37-19-20-38)21-27(30(28)47-36)44-33(41)26-14-10-9-13-24(26)15-16-29(39)45-31-34(42)43-23-35(31,3)4/h9-10,13-16,22,27-28,30-31,38H,5-8,11-12,17-21,23H2,1-4H3,(H,37,40). The third-order valence-corrected chi connectivity index (χ3v) is 8.77. The molecule has 1 aromatic carbocycles. The van der Waals surface area contributed by atoms with Crippen molar-refractivity contribution < 1.29 is 48.0 Å². The zero-order chi connectivity index (χ0) is 34.0. The second kappa shape index (κ2) is 16.5. The topological polar surface area (TPSA) is 147 Å². The van der Waals surface area contributed by atoms with Crippen molar-refractivity contribution in [1.29, 1.82) is 0 Å². The first-order chi connectivity index (χ1) is 22.5. The number of nitrogens with one attached hydrogen (secondary N) is 1. The number of ether oxygens (including phenoxy) is 5. The van der Waals surface area contributed by atoms with Gasteiger partial charge in [-0.2, -0.15) is 0 Å². The number of aliphatic hydroxyl groups is 1. The van der Waals surface area contributed by atoms with Gasteiger partial charge in [-0.1, -0.05) is 71.6 Å². The Morgan fingerprint density at radius 3 is 2.36 bits per heavy atom. The first-order valence-electron chi connectivity index (χ1n) is 16.8. The Hall–Kier alpha value is -3.54. The highest BCUT2D eigenvalue weighted by Gasteiger charge is 2.52. The van der Waals surface area contributed by atoms with Crippen LogP contribution in [0.4, 0.5) is 0 Å². The molecule has 1 amide bonds. The van der Waals surface area contributed by atoms with E-state index in [-0.39, 0.29) is 37.6 Å². The van der Waals surface area contributed by atoms with Crippen LogP contribution >= 0.6 is 0 Å². The van der Waals surface area contributed by atoms with Gasteiger partial charge in [0.05, 0.1) is 12.2 Å². The lowest BCUT2D eigenvalue weighted by molar-refractivity contribution is -0.190. The lowest BCUT2D eigenvalue weighted by Gasteiger charge is -2.31. The highest BCUT2D eigenvalue weighted by Crippen LogP contribution is 2.43. The Morgan fingerprint density at radius 2 is 1.72 bits per heavy atom. The van der Waals surface area contributed by atoms with Gasteiger partial charge in [-0.05, 0) is 36.6 Å². The molecule has 47 heavy (non-hydrogen) atoms. The van der Waals surface area contributed by atoms with Gasteiger partial charge in [-0.3, -0.25) is 4.79 Å². The predicted octanol–water partition coefficient (Wildman–Crippen LogP) is 4.80. The number of esters is 3. The van der Waals surface area contributed by atoms with Crippen LogP contribution in [0.25, 0.3) is 6.08 Å². The minimum absolute atomic E-state index is 0.0889. The van der Waals surface area contributed by atoms with Gasteiger partial charge in [-0.25, -0.2) is 14.4 Å². The first kappa shape index (κ1) is 36.3. The predicted molar refractivity (Wildman–Crippen MR) is 173 cm³/mol. The number of hydrogen-bond donors (Lipinski definition) is 2. The first-order valence-corrected chi connectivity index (χ1v) is 16.8. The molecule has 11 heteroatoms. The number of benzene rings is 1. The van der Waals surface area contributed by atoms with E-state index >= 15 is 0 Å². The SMILES string of the molecule is CCCCCC1(CCCCC)OC2C=C(C(=O)NCCO)CC(OC(=O)c3ccccc3C=CC(=O)OC3C(=O)OCC3(C)C)C2O1. The van der Waals surface area contributed by atoms with E-state index in [1.807, 2.05) is 0 Å². The lowest BCUT2D eigenvalue weighted by atomic mass is 9.90. The summed E-state index contributed by atoms with van der Waals surface area (Å²) in [6, 6.07) is 6.65. The Labute approximate surface area is 277 Å². The quantitative estimate of drug-likeness (QED) is 0.110. The van der Waals surface area contributed by atoms with Crippen LogP contribution in [-0.4, -0.2) is 78.9 Å². The molecule has 2 N–H and O–H groups in total. The van der Waals surface area contributed by atoms with Crippen molar-refractivity contribution in [3.05, 3.63) is 53.1 Å². The average Bonchev–Trinajstić information content (AvgIpc) is 3.55. The molecule has 0 spiro atoms. The van der Waals surface area contributed by atoms with Crippen molar-refractivity contribution >= 4 is 29.9 Å². The lowest BCUT2D eigenvalue weighted by Crippen LogP contribution is -2.44. The molecule has 3 aliphatic rings. The van der Waals surface area contributed by atoms with E-state index in [4.69, 9.17) is 23.7 Å². The van der Waals surface area contributed by atoms with Crippen LogP contribution in [0.5, 0.6) is 0 Å². The molecule has 2 heterocycles. The molecule has 4 rings (SSSR count). The summed E-state index contributed by atoms with van der Waals surface area (Å²) < 4.78 is 29.8. The molecule has 0 saturated carbocycles. The van der Waals surface area contributed by atoms with Gasteiger partial charge < -0.3 is 34.1 Å². The number of rotatable bonds is 16. The molecule has 0 aromatic heterocycles. The van der Waals surface area contributed by atoms with E-state index in [0.29, 0.717) is 24.0 Å². The molecule has 1 aliphatic carbocycles. The monoisotopic (exact) mass is 655 g/mol. The third-order valence-electron chi connectivity index (χ3n) is 8.77. The fraction of sp³-hybridized carbons (Fsp3) is 0.611. The fourth-order valence-electron chi connectivity index (χ4n) is 6.16. The maximum atomic E-state index is 13.7. The zero-order valence-corrected chi connectivity index (χ0v) is 28.0. The summed E-state index contributed by atoms with van der Waals surface area (Å²) in [6.07, 6.45) is 8.74. The molecule has 258 valence electrons. The van der Waals surface area contributed by atoms with E-state index < -0.39 is 53.5 Å². The summed E-state index contributed by atoms with van der Waals surface area (Å²) in [5.74, 6) is -3.21. The van der Waals surface area contributed by atoms with Crippen molar-refractivity contribution in [3.8, 4) is 0 Å². The normalized spacial score (nSPS) is 24.4. The number of carbonyl (C=O) groups excluding carboxylic acids is 4. The highest BCUT2D eigenvalue weighted by molar-refractivity contribution is 5.97. The van der Waals surface area contributed by atoms with Gasteiger partial charge in [-0.15, -0.1) is 0 Å². The van der Waals surface area contributed by atoms with E-state index in [1.165, 1.54) is 6.08 Å². The summed E-state index contributed by atoms with van der Waals surface area (Å²) in [7, 11) is 0. The largest absolute Gasteiger partial charge is 0.462 e. The van der Waals surface area contributed by atoms with Crippen molar-refractivity contribution in [2.24, 2.45) is 5.41 Å². The number of cyclic esters (lactones) is 1. The third kappa shape index (κ3) is 9.30. The van der Waals surface area contributed by atoms with Crippen LogP contribution in [0.1, 0.15) is 101 Å². The van der Waals surface area contributed by atoms with Crippen LogP contribution < -0.4 is 5.32 Å². The molecule has 2 aliphatic heterocycles. The van der Waals surface area contributed by atoms with E-state index in [1.54, 1.807) is 44.2 Å². The number of fused-ring (bicyclic) bond motifs is 1. The van der Waals surface area contributed by atoms with Crippen LogP contribution in [-0.2, 0) is 38.1 Å². The van der Waals surface area contributed by atoms with Crippen LogP contribution in [0, 0.1) is 5.41 Å². The Morgan fingerprint density at radius 1 is 1.02 bits per heavy atom. The fourth-order valence-corrected chi connectivity index (χ4v) is 6.16. The van der Waals surface area contributed by atoms with Gasteiger partial charge in [0, 0.05) is 42.9 Å². The molecule has 11 nitrogen and oxygen atoms in total. The average molecular weight is 656 g/mol. The Kier molecular flexibility index (Phi) is 12.8. The van der Waals surface area contributed by atoms with Crippen LogP contribution in [0.3, 0.4) is 0 Å². The van der Waals surface area contributed by atoms with Crippen molar-refractivity contribution in [3.63, 3.8) is 0 Å². The molecule has 1 aromatic rings. The maximum Gasteiger partial charge on any atom is 0.348 e. The summed E-state index contributed by atoms with van der Waals surface area (Å²) in [6.45, 7) is 7.86. The van der Waals surface area contributed by atoms with E-state index in [9.17, 15) is 24.3 Å². The molecule has 2 saturated heterocycles. The summed E-state index contributed by atoms with van der Waals surface area (Å²) in [5, 5.41) is 11.9. The number of unbranched alkanes of at least 4 members (excludes halogenated alkanes) is 4. The highest BCUT2D eigenvalue weighted by atomic mass is 16.8.